The Hall–Kier alpha value is -2.51. The van der Waals surface area contributed by atoms with Gasteiger partial charge in [0.2, 0.25) is 0 Å². The lowest BCUT2D eigenvalue weighted by Gasteiger charge is -2.09. The maximum atomic E-state index is 12.1. The summed E-state index contributed by atoms with van der Waals surface area (Å²) >= 11 is 0. The number of fused-ring (bicyclic) bond motifs is 1. The molecule has 0 unspecified atom stereocenters. The largest absolute Gasteiger partial charge is 0.478 e. The van der Waals surface area contributed by atoms with Crippen LogP contribution in [0.15, 0.2) is 24.4 Å². The van der Waals surface area contributed by atoms with Crippen LogP contribution in [0.2, 0.25) is 0 Å². The summed E-state index contributed by atoms with van der Waals surface area (Å²) in [4.78, 5) is 24.5. The van der Waals surface area contributed by atoms with Crippen molar-refractivity contribution in [3.05, 3.63) is 30.0 Å². The van der Waals surface area contributed by atoms with Gasteiger partial charge in [-0.05, 0) is 18.2 Å². The first-order valence-corrected chi connectivity index (χ1v) is 5.01. The van der Waals surface area contributed by atoms with E-state index >= 15 is 0 Å². The van der Waals surface area contributed by atoms with Crippen LogP contribution in [0, 0.1) is 0 Å². The maximum absolute atomic E-state index is 12.1. The number of hydrogen-bond donors (Lipinski definition) is 3. The Morgan fingerprint density at radius 1 is 1.26 bits per heavy atom. The molecule has 0 aliphatic carbocycles. The summed E-state index contributed by atoms with van der Waals surface area (Å²) in [5.74, 6) is -3.46. The second-order valence-electron chi connectivity index (χ2n) is 3.72. The fourth-order valence-corrected chi connectivity index (χ4v) is 1.62. The number of amides is 1. The predicted octanol–water partition coefficient (Wildman–Crippen LogP) is 2.37. The quantitative estimate of drug-likeness (QED) is 0.784. The second-order valence-corrected chi connectivity index (χ2v) is 3.72. The molecule has 0 saturated heterocycles. The van der Waals surface area contributed by atoms with Crippen LogP contribution in [-0.4, -0.2) is 28.1 Å². The highest BCUT2D eigenvalue weighted by Crippen LogP contribution is 2.25. The van der Waals surface area contributed by atoms with Crippen molar-refractivity contribution < 1.29 is 27.9 Å². The van der Waals surface area contributed by atoms with Crippen LogP contribution in [0.25, 0.3) is 10.9 Å². The standard InChI is InChI=1S/C11H7F3N2O3/c12-11(13,14)10(19)16-5-3-7(9(17)18)6-1-2-15-8(6)4-5/h1-4,15H,(H,16,19)(H,17,18). The fraction of sp³-hybridized carbons (Fsp3) is 0.0909. The van der Waals surface area contributed by atoms with Crippen molar-refractivity contribution >= 4 is 28.5 Å². The molecule has 2 rings (SSSR count). The summed E-state index contributed by atoms with van der Waals surface area (Å²) in [6.07, 6.45) is -3.58. The zero-order chi connectivity index (χ0) is 14.2. The lowest BCUT2D eigenvalue weighted by Crippen LogP contribution is -2.30. The Morgan fingerprint density at radius 3 is 2.53 bits per heavy atom. The van der Waals surface area contributed by atoms with E-state index in [1.165, 1.54) is 18.3 Å². The SMILES string of the molecule is O=C(O)c1cc(NC(=O)C(F)(F)F)cc2[nH]ccc12. The minimum atomic E-state index is -5.03. The van der Waals surface area contributed by atoms with Gasteiger partial charge in [-0.3, -0.25) is 4.79 Å². The van der Waals surface area contributed by atoms with Gasteiger partial charge in [0.15, 0.2) is 0 Å². The lowest BCUT2D eigenvalue weighted by atomic mass is 10.1. The van der Waals surface area contributed by atoms with Crippen LogP contribution < -0.4 is 5.32 Å². The molecule has 8 heteroatoms. The van der Waals surface area contributed by atoms with Crippen molar-refractivity contribution in [3.63, 3.8) is 0 Å². The molecule has 0 atom stereocenters. The number of carboxylic acids is 1. The summed E-state index contributed by atoms with van der Waals surface area (Å²) in [6.45, 7) is 0. The summed E-state index contributed by atoms with van der Waals surface area (Å²) in [5.41, 5.74) is -0.122. The van der Waals surface area contributed by atoms with Crippen LogP contribution in [0.3, 0.4) is 0 Å². The van der Waals surface area contributed by atoms with Gasteiger partial charge in [-0.2, -0.15) is 13.2 Å². The number of hydrogen-bond acceptors (Lipinski definition) is 2. The van der Waals surface area contributed by atoms with Gasteiger partial charge in [0, 0.05) is 22.8 Å². The van der Waals surface area contributed by atoms with Crippen molar-refractivity contribution in [3.8, 4) is 0 Å². The lowest BCUT2D eigenvalue weighted by molar-refractivity contribution is -0.167. The molecule has 5 nitrogen and oxygen atoms in total. The van der Waals surface area contributed by atoms with Gasteiger partial charge in [0.1, 0.15) is 0 Å². The second kappa shape index (κ2) is 4.30. The number of benzene rings is 1. The Balaban J connectivity index is 2.45. The number of aromatic nitrogens is 1. The molecule has 1 amide bonds. The zero-order valence-corrected chi connectivity index (χ0v) is 9.21. The van der Waals surface area contributed by atoms with Crippen molar-refractivity contribution in [2.75, 3.05) is 5.32 Å². The highest BCUT2D eigenvalue weighted by atomic mass is 19.4. The molecule has 0 saturated carbocycles. The van der Waals surface area contributed by atoms with E-state index in [1.54, 1.807) is 5.32 Å². The molecule has 0 spiro atoms. The first kappa shape index (κ1) is 12.9. The molecule has 0 bridgehead atoms. The molecular weight excluding hydrogens is 265 g/mol. The smallest absolute Gasteiger partial charge is 0.471 e. The molecule has 1 aromatic carbocycles. The highest BCUT2D eigenvalue weighted by molar-refractivity contribution is 6.06. The van der Waals surface area contributed by atoms with E-state index in [0.29, 0.717) is 10.9 Å². The van der Waals surface area contributed by atoms with E-state index in [9.17, 15) is 22.8 Å². The molecule has 0 aliphatic rings. The van der Waals surface area contributed by atoms with E-state index < -0.39 is 18.1 Å². The van der Waals surface area contributed by atoms with E-state index in [1.807, 2.05) is 0 Å². The van der Waals surface area contributed by atoms with E-state index in [2.05, 4.69) is 4.98 Å². The Kier molecular flexibility index (Phi) is 2.93. The van der Waals surface area contributed by atoms with Crippen LogP contribution in [0.1, 0.15) is 10.4 Å². The number of aromatic carboxylic acids is 1. The first-order chi connectivity index (χ1) is 8.79. The number of carbonyl (C=O) groups excluding carboxylic acids is 1. The minimum Gasteiger partial charge on any atom is -0.478 e. The van der Waals surface area contributed by atoms with Crippen LogP contribution in [0.5, 0.6) is 0 Å². The third kappa shape index (κ3) is 2.51. The third-order valence-electron chi connectivity index (χ3n) is 2.41. The number of rotatable bonds is 2. The third-order valence-corrected chi connectivity index (χ3v) is 2.41. The number of aromatic amines is 1. The average Bonchev–Trinajstić information content (AvgIpc) is 2.74. The molecule has 19 heavy (non-hydrogen) atoms. The number of carbonyl (C=O) groups is 2. The van der Waals surface area contributed by atoms with Gasteiger partial charge in [-0.1, -0.05) is 0 Å². The number of H-pyrrole nitrogens is 1. The normalized spacial score (nSPS) is 11.5. The average molecular weight is 272 g/mol. The molecule has 0 aliphatic heterocycles. The van der Waals surface area contributed by atoms with Gasteiger partial charge in [-0.15, -0.1) is 0 Å². The Morgan fingerprint density at radius 2 is 1.95 bits per heavy atom. The van der Waals surface area contributed by atoms with Crippen molar-refractivity contribution in [2.45, 2.75) is 6.18 Å². The van der Waals surface area contributed by atoms with Gasteiger partial charge in [0.05, 0.1) is 5.56 Å². The van der Waals surface area contributed by atoms with Crippen molar-refractivity contribution in [2.24, 2.45) is 0 Å². The summed E-state index contributed by atoms with van der Waals surface area (Å²) in [5, 5.41) is 10.9. The Bertz CT molecular complexity index is 661. The van der Waals surface area contributed by atoms with Gasteiger partial charge < -0.3 is 15.4 Å². The van der Waals surface area contributed by atoms with Gasteiger partial charge in [-0.25, -0.2) is 4.79 Å². The van der Waals surface area contributed by atoms with E-state index in [4.69, 9.17) is 5.11 Å². The van der Waals surface area contributed by atoms with Crippen LogP contribution in [-0.2, 0) is 4.79 Å². The first-order valence-electron chi connectivity index (χ1n) is 5.01. The summed E-state index contributed by atoms with van der Waals surface area (Å²) in [7, 11) is 0. The minimum absolute atomic E-state index is 0.198. The zero-order valence-electron chi connectivity index (χ0n) is 9.21. The van der Waals surface area contributed by atoms with Crippen LogP contribution in [0.4, 0.5) is 18.9 Å². The van der Waals surface area contributed by atoms with Gasteiger partial charge >= 0.3 is 18.1 Å². The molecule has 0 radical (unpaired) electrons. The van der Waals surface area contributed by atoms with Crippen molar-refractivity contribution in [1.82, 2.24) is 4.98 Å². The molecular formula is C11H7F3N2O3. The Labute approximate surface area is 104 Å². The number of alkyl halides is 3. The number of nitrogens with one attached hydrogen (secondary N) is 2. The molecule has 1 aromatic heterocycles. The molecule has 3 N–H and O–H groups in total. The van der Waals surface area contributed by atoms with Gasteiger partial charge in [0.25, 0.3) is 0 Å². The molecule has 2 aromatic rings. The maximum Gasteiger partial charge on any atom is 0.471 e. The molecule has 1 heterocycles. The number of halogens is 3. The van der Waals surface area contributed by atoms with Crippen molar-refractivity contribution in [1.29, 1.82) is 0 Å². The predicted molar refractivity (Wildman–Crippen MR) is 59.9 cm³/mol. The number of carboxylic acid groups (broad SMARTS) is 1. The monoisotopic (exact) mass is 272 g/mol. The molecule has 100 valence electrons. The van der Waals surface area contributed by atoms with Crippen LogP contribution >= 0.6 is 0 Å². The summed E-state index contributed by atoms with van der Waals surface area (Å²) in [6, 6.07) is 3.68. The number of anilines is 1. The van der Waals surface area contributed by atoms with E-state index in [0.717, 1.165) is 6.07 Å². The topological polar surface area (TPSA) is 82.2 Å². The molecule has 0 fully saturated rings. The summed E-state index contributed by atoms with van der Waals surface area (Å²) < 4.78 is 36.3. The highest BCUT2D eigenvalue weighted by Gasteiger charge is 2.38. The fourth-order valence-electron chi connectivity index (χ4n) is 1.62. The van der Waals surface area contributed by atoms with E-state index in [-0.39, 0.29) is 11.3 Å².